The normalized spacial score (nSPS) is 22.3. The summed E-state index contributed by atoms with van der Waals surface area (Å²) in [5.74, 6) is 1.49. The number of rotatable bonds is 3. The van der Waals surface area contributed by atoms with Gasteiger partial charge in [0.15, 0.2) is 0 Å². The highest BCUT2D eigenvalue weighted by molar-refractivity contribution is 6.30. The van der Waals surface area contributed by atoms with Gasteiger partial charge in [0.25, 0.3) is 0 Å². The average molecular weight is 303 g/mol. The molecule has 1 aromatic heterocycles. The molecule has 21 heavy (non-hydrogen) atoms. The van der Waals surface area contributed by atoms with E-state index in [2.05, 4.69) is 22.0 Å². The highest BCUT2D eigenvalue weighted by Gasteiger charge is 2.29. The molecular formula is C17H19ClN2O. The molecule has 3 rings (SSSR count). The summed E-state index contributed by atoms with van der Waals surface area (Å²) in [5, 5.41) is 0.785. The molecule has 4 heteroatoms. The van der Waals surface area contributed by atoms with Gasteiger partial charge in [0.1, 0.15) is 12.0 Å². The number of hydrogen-bond acceptors (Lipinski definition) is 3. The maximum atomic E-state index is 5.97. The number of pyridine rings is 1. The number of methoxy groups -OCH3 is 1. The van der Waals surface area contributed by atoms with E-state index in [1.807, 2.05) is 36.5 Å². The molecule has 3 nitrogen and oxygen atoms in total. The van der Waals surface area contributed by atoms with Crippen LogP contribution in [-0.2, 0) is 4.74 Å². The SMILES string of the molecule is CO[C@@H]1CC(c2ccc(Cl)cc2)CCN1c1ccccn1. The molecule has 1 aliphatic heterocycles. The van der Waals surface area contributed by atoms with Gasteiger partial charge in [-0.1, -0.05) is 29.8 Å². The molecule has 0 amide bonds. The van der Waals surface area contributed by atoms with E-state index < -0.39 is 0 Å². The van der Waals surface area contributed by atoms with Crippen molar-refractivity contribution in [3.63, 3.8) is 0 Å². The number of ether oxygens (including phenoxy) is 1. The quantitative estimate of drug-likeness (QED) is 0.854. The van der Waals surface area contributed by atoms with Crippen LogP contribution < -0.4 is 4.90 Å². The van der Waals surface area contributed by atoms with E-state index in [0.717, 1.165) is 30.2 Å². The highest BCUT2D eigenvalue weighted by atomic mass is 35.5. The molecule has 1 unspecified atom stereocenters. The minimum atomic E-state index is 0.0642. The smallest absolute Gasteiger partial charge is 0.131 e. The summed E-state index contributed by atoms with van der Waals surface area (Å²) in [5.41, 5.74) is 1.34. The van der Waals surface area contributed by atoms with E-state index in [9.17, 15) is 0 Å². The molecular weight excluding hydrogens is 284 g/mol. The average Bonchev–Trinajstić information content (AvgIpc) is 2.56. The van der Waals surface area contributed by atoms with Crippen molar-refractivity contribution in [2.24, 2.45) is 0 Å². The van der Waals surface area contributed by atoms with Crippen LogP contribution in [0.3, 0.4) is 0 Å². The fourth-order valence-corrected chi connectivity index (χ4v) is 3.10. The Balaban J connectivity index is 1.76. The van der Waals surface area contributed by atoms with Crippen molar-refractivity contribution in [2.45, 2.75) is 25.0 Å². The van der Waals surface area contributed by atoms with E-state index >= 15 is 0 Å². The van der Waals surface area contributed by atoms with Gasteiger partial charge in [-0.25, -0.2) is 4.98 Å². The molecule has 1 fully saturated rings. The fourth-order valence-electron chi connectivity index (χ4n) is 2.97. The molecule has 2 atom stereocenters. The number of anilines is 1. The van der Waals surface area contributed by atoms with Crippen molar-refractivity contribution in [3.8, 4) is 0 Å². The number of aromatic nitrogens is 1. The maximum absolute atomic E-state index is 5.97. The lowest BCUT2D eigenvalue weighted by Gasteiger charge is -2.39. The molecule has 2 heterocycles. The van der Waals surface area contributed by atoms with Crippen LogP contribution in [-0.4, -0.2) is 24.9 Å². The van der Waals surface area contributed by atoms with Crippen molar-refractivity contribution in [1.29, 1.82) is 0 Å². The van der Waals surface area contributed by atoms with Crippen molar-refractivity contribution >= 4 is 17.4 Å². The summed E-state index contributed by atoms with van der Waals surface area (Å²) < 4.78 is 5.69. The summed E-state index contributed by atoms with van der Waals surface area (Å²) in [6, 6.07) is 14.2. The predicted molar refractivity (Wildman–Crippen MR) is 85.8 cm³/mol. The van der Waals surface area contributed by atoms with E-state index in [1.165, 1.54) is 5.56 Å². The Labute approximate surface area is 130 Å². The first-order chi connectivity index (χ1) is 10.3. The standard InChI is InChI=1S/C17H19ClN2O/c1-21-17-12-14(13-5-7-15(18)8-6-13)9-11-20(17)16-4-2-3-10-19-16/h2-8,10,14,17H,9,11-12H2,1H3/t14?,17-/m1/s1. The van der Waals surface area contributed by atoms with Crippen molar-refractivity contribution in [3.05, 3.63) is 59.2 Å². The zero-order valence-corrected chi connectivity index (χ0v) is 12.8. The van der Waals surface area contributed by atoms with Crippen LogP contribution in [0.2, 0.25) is 5.02 Å². The molecule has 0 bridgehead atoms. The maximum Gasteiger partial charge on any atom is 0.131 e. The number of hydrogen-bond donors (Lipinski definition) is 0. The van der Waals surface area contributed by atoms with E-state index in [4.69, 9.17) is 16.3 Å². The highest BCUT2D eigenvalue weighted by Crippen LogP contribution is 2.34. The minimum Gasteiger partial charge on any atom is -0.362 e. The van der Waals surface area contributed by atoms with E-state index in [-0.39, 0.29) is 6.23 Å². The van der Waals surface area contributed by atoms with Gasteiger partial charge in [-0.15, -0.1) is 0 Å². The predicted octanol–water partition coefficient (Wildman–Crippen LogP) is 4.09. The number of benzene rings is 1. The molecule has 1 aromatic carbocycles. The molecule has 0 aliphatic carbocycles. The van der Waals surface area contributed by atoms with Crippen molar-refractivity contribution in [1.82, 2.24) is 4.98 Å². The Kier molecular flexibility index (Phi) is 4.42. The third kappa shape index (κ3) is 3.20. The van der Waals surface area contributed by atoms with Gasteiger partial charge in [-0.2, -0.15) is 0 Å². The van der Waals surface area contributed by atoms with Gasteiger partial charge >= 0.3 is 0 Å². The van der Waals surface area contributed by atoms with E-state index in [1.54, 1.807) is 7.11 Å². The Morgan fingerprint density at radius 1 is 1.19 bits per heavy atom. The fraction of sp³-hybridized carbons (Fsp3) is 0.353. The molecule has 1 saturated heterocycles. The second-order valence-corrected chi connectivity index (χ2v) is 5.78. The van der Waals surface area contributed by atoms with Crippen LogP contribution >= 0.6 is 11.6 Å². The Morgan fingerprint density at radius 2 is 2.00 bits per heavy atom. The van der Waals surface area contributed by atoms with Gasteiger partial charge in [-0.05, 0) is 48.6 Å². The first kappa shape index (κ1) is 14.4. The summed E-state index contributed by atoms with van der Waals surface area (Å²) >= 11 is 5.97. The molecule has 0 N–H and O–H groups in total. The summed E-state index contributed by atoms with van der Waals surface area (Å²) in [7, 11) is 1.77. The van der Waals surface area contributed by atoms with Crippen molar-refractivity contribution in [2.75, 3.05) is 18.6 Å². The monoisotopic (exact) mass is 302 g/mol. The molecule has 110 valence electrons. The van der Waals surface area contributed by atoms with Crippen LogP contribution in [0.25, 0.3) is 0 Å². The van der Waals surface area contributed by atoms with Crippen LogP contribution in [0, 0.1) is 0 Å². The summed E-state index contributed by atoms with van der Waals surface area (Å²) in [6.45, 7) is 0.947. The van der Waals surface area contributed by atoms with E-state index in [0.29, 0.717) is 5.92 Å². The first-order valence-corrected chi connectivity index (χ1v) is 7.61. The van der Waals surface area contributed by atoms with Crippen molar-refractivity contribution < 1.29 is 4.74 Å². The van der Waals surface area contributed by atoms with Gasteiger partial charge in [0.2, 0.25) is 0 Å². The molecule has 0 spiro atoms. The first-order valence-electron chi connectivity index (χ1n) is 7.24. The number of piperidine rings is 1. The largest absolute Gasteiger partial charge is 0.362 e. The lowest BCUT2D eigenvalue weighted by Crippen LogP contribution is -2.43. The Hall–Kier alpha value is -1.58. The third-order valence-corrected chi connectivity index (χ3v) is 4.36. The molecule has 1 aliphatic rings. The van der Waals surface area contributed by atoms with Crippen LogP contribution in [0.4, 0.5) is 5.82 Å². The van der Waals surface area contributed by atoms with Gasteiger partial charge in [-0.3, -0.25) is 0 Å². The molecule has 0 radical (unpaired) electrons. The minimum absolute atomic E-state index is 0.0642. The Morgan fingerprint density at radius 3 is 2.67 bits per heavy atom. The lowest BCUT2D eigenvalue weighted by atomic mass is 9.88. The van der Waals surface area contributed by atoms with Gasteiger partial charge < -0.3 is 9.64 Å². The molecule has 2 aromatic rings. The zero-order valence-electron chi connectivity index (χ0n) is 12.1. The molecule has 0 saturated carbocycles. The van der Waals surface area contributed by atoms with Crippen LogP contribution in [0.1, 0.15) is 24.3 Å². The van der Waals surface area contributed by atoms with Gasteiger partial charge in [0, 0.05) is 24.9 Å². The number of nitrogens with zero attached hydrogens (tertiary/aromatic N) is 2. The Bertz CT molecular complexity index is 573. The lowest BCUT2D eigenvalue weighted by molar-refractivity contribution is 0.0708. The second kappa shape index (κ2) is 6.46. The zero-order chi connectivity index (χ0) is 14.7. The number of halogens is 1. The topological polar surface area (TPSA) is 25.4 Å². The van der Waals surface area contributed by atoms with Crippen LogP contribution in [0.5, 0.6) is 0 Å². The van der Waals surface area contributed by atoms with Crippen LogP contribution in [0.15, 0.2) is 48.7 Å². The third-order valence-electron chi connectivity index (χ3n) is 4.11. The van der Waals surface area contributed by atoms with Gasteiger partial charge in [0.05, 0.1) is 0 Å². The second-order valence-electron chi connectivity index (χ2n) is 5.34. The summed E-state index contributed by atoms with van der Waals surface area (Å²) in [4.78, 5) is 6.68. The summed E-state index contributed by atoms with van der Waals surface area (Å²) in [6.07, 6.45) is 3.95.